The zero-order valence-electron chi connectivity index (χ0n) is 16.3. The van der Waals surface area contributed by atoms with Crippen LogP contribution in [0.4, 0.5) is 22.0 Å². The molecule has 0 amide bonds. The molecule has 1 aliphatic rings. The van der Waals surface area contributed by atoms with Gasteiger partial charge in [-0.1, -0.05) is 23.2 Å². The lowest BCUT2D eigenvalue weighted by Gasteiger charge is -2.23. The highest BCUT2D eigenvalue weighted by molar-refractivity contribution is 6.35. The first-order valence-electron chi connectivity index (χ1n) is 9.60. The van der Waals surface area contributed by atoms with Crippen molar-refractivity contribution >= 4 is 51.7 Å². The summed E-state index contributed by atoms with van der Waals surface area (Å²) in [4.78, 5) is 26.1. The molecule has 5 rings (SSSR count). The fourth-order valence-electron chi connectivity index (χ4n) is 3.59. The van der Waals surface area contributed by atoms with Gasteiger partial charge in [-0.05, 0) is 30.9 Å². The number of nitrogens with one attached hydrogen (secondary N) is 2. The molecule has 1 fully saturated rings. The number of fused-ring (bicyclic) bond motifs is 1. The molecule has 6 N–H and O–H groups in total. The number of H-pyrrole nitrogens is 1. The van der Waals surface area contributed by atoms with Crippen LogP contribution in [-0.2, 0) is 0 Å². The fourth-order valence-corrected chi connectivity index (χ4v) is 3.98. The lowest BCUT2D eigenvalue weighted by atomic mass is 10.1. The third-order valence-electron chi connectivity index (χ3n) is 5.20. The lowest BCUT2D eigenvalue weighted by molar-refractivity contribution is 0.604. The number of hydrogen-bond donors (Lipinski definition) is 4. The van der Waals surface area contributed by atoms with Gasteiger partial charge in [0.15, 0.2) is 5.82 Å². The monoisotopic (exact) mass is 475 g/mol. The Hall–Kier alpha value is -3.44. The van der Waals surface area contributed by atoms with Crippen LogP contribution < -0.4 is 22.3 Å². The van der Waals surface area contributed by atoms with Crippen molar-refractivity contribution in [2.75, 3.05) is 16.8 Å². The summed E-state index contributed by atoms with van der Waals surface area (Å²) in [5.74, 6) is 0.341. The molecule has 164 valence electrons. The maximum atomic E-state index is 14.0. The number of nitrogens with two attached hydrogens (primary N) is 2. The number of anilines is 3. The number of rotatable bonds is 5. The van der Waals surface area contributed by atoms with E-state index in [1.165, 1.54) is 10.8 Å². The summed E-state index contributed by atoms with van der Waals surface area (Å²) in [5.41, 5.74) is 11.2. The van der Waals surface area contributed by atoms with E-state index in [0.717, 1.165) is 25.0 Å². The van der Waals surface area contributed by atoms with Crippen molar-refractivity contribution in [3.8, 4) is 5.82 Å². The minimum atomic E-state index is -0.638. The molecular weight excluding hydrogens is 460 g/mol. The number of hydrogen-bond acceptors (Lipinski definition) is 8. The highest BCUT2D eigenvalue weighted by Gasteiger charge is 2.37. The van der Waals surface area contributed by atoms with Crippen LogP contribution in [0.2, 0.25) is 10.0 Å². The van der Waals surface area contributed by atoms with Gasteiger partial charge in [-0.3, -0.25) is 9.89 Å². The molecule has 3 heterocycles. The van der Waals surface area contributed by atoms with E-state index in [-0.39, 0.29) is 44.5 Å². The number of aromatic amines is 1. The Morgan fingerprint density at radius 2 is 2.00 bits per heavy atom. The van der Waals surface area contributed by atoms with Crippen molar-refractivity contribution in [3.05, 3.63) is 56.4 Å². The first-order valence-corrected chi connectivity index (χ1v) is 10.4. The molecule has 0 aliphatic heterocycles. The van der Waals surface area contributed by atoms with Gasteiger partial charge in [0.05, 0.1) is 28.2 Å². The Labute approximate surface area is 189 Å². The molecule has 10 nitrogen and oxygen atoms in total. The molecule has 1 aromatic carbocycles. The molecule has 4 aromatic rings. The third-order valence-corrected chi connectivity index (χ3v) is 5.86. The molecule has 1 atom stereocenters. The van der Waals surface area contributed by atoms with E-state index in [9.17, 15) is 9.18 Å². The number of nitrogens with zero attached hydrogens (tertiary/aromatic N) is 5. The number of halogens is 3. The maximum absolute atomic E-state index is 14.0. The van der Waals surface area contributed by atoms with Gasteiger partial charge in [0, 0.05) is 6.07 Å². The van der Waals surface area contributed by atoms with Crippen LogP contribution in [0.1, 0.15) is 24.7 Å². The van der Waals surface area contributed by atoms with Gasteiger partial charge in [-0.15, -0.1) is 0 Å². The van der Waals surface area contributed by atoms with E-state index in [0.29, 0.717) is 11.6 Å². The number of aromatic nitrogens is 6. The summed E-state index contributed by atoms with van der Waals surface area (Å²) in [6.45, 7) is 0. The van der Waals surface area contributed by atoms with Gasteiger partial charge < -0.3 is 16.8 Å². The standard InChI is InChI=1S/C19H16Cl2FN9O/c20-10-6-8(22)5-9-14(10)27-17(31(18(9)32)11-3-4-25-30-11)13(7-1-2-7)26-16-12(21)15(23)28-19(24)29-16/h3-7,13H,1-2H2,(H,25,30)(H5,23,24,26,28,29)/t13-/m0/s1. The molecule has 1 saturated carbocycles. The average molecular weight is 476 g/mol. The normalized spacial score (nSPS) is 14.6. The Morgan fingerprint density at radius 1 is 1.22 bits per heavy atom. The second-order valence-electron chi connectivity index (χ2n) is 7.43. The van der Waals surface area contributed by atoms with Crippen molar-refractivity contribution < 1.29 is 4.39 Å². The largest absolute Gasteiger partial charge is 0.382 e. The molecule has 0 spiro atoms. The molecule has 13 heteroatoms. The Morgan fingerprint density at radius 3 is 2.69 bits per heavy atom. The molecule has 0 saturated heterocycles. The fraction of sp³-hybridized carbons (Fsp3) is 0.211. The van der Waals surface area contributed by atoms with Crippen molar-refractivity contribution in [1.82, 2.24) is 29.7 Å². The highest BCUT2D eigenvalue weighted by Crippen LogP contribution is 2.44. The summed E-state index contributed by atoms with van der Waals surface area (Å²) in [6.07, 6.45) is 3.25. The van der Waals surface area contributed by atoms with Crippen LogP contribution in [0, 0.1) is 11.7 Å². The van der Waals surface area contributed by atoms with Crippen LogP contribution in [0.3, 0.4) is 0 Å². The summed E-state index contributed by atoms with van der Waals surface area (Å²) < 4.78 is 15.3. The van der Waals surface area contributed by atoms with E-state index < -0.39 is 17.4 Å². The second kappa shape index (κ2) is 7.61. The lowest BCUT2D eigenvalue weighted by Crippen LogP contribution is -2.30. The topological polar surface area (TPSA) is 153 Å². The van der Waals surface area contributed by atoms with Crippen LogP contribution >= 0.6 is 23.2 Å². The van der Waals surface area contributed by atoms with E-state index >= 15 is 0 Å². The van der Waals surface area contributed by atoms with Crippen molar-refractivity contribution in [2.45, 2.75) is 18.9 Å². The van der Waals surface area contributed by atoms with Gasteiger partial charge >= 0.3 is 0 Å². The minimum Gasteiger partial charge on any atom is -0.382 e. The number of benzene rings is 1. The van der Waals surface area contributed by atoms with Gasteiger partial charge in [0.1, 0.15) is 28.3 Å². The van der Waals surface area contributed by atoms with Gasteiger partial charge in [-0.2, -0.15) is 15.1 Å². The second-order valence-corrected chi connectivity index (χ2v) is 8.21. The van der Waals surface area contributed by atoms with Crippen molar-refractivity contribution in [3.63, 3.8) is 0 Å². The molecule has 0 unspecified atom stereocenters. The first-order chi connectivity index (χ1) is 15.3. The molecule has 1 aliphatic carbocycles. The molecule has 3 aromatic heterocycles. The maximum Gasteiger partial charge on any atom is 0.267 e. The van der Waals surface area contributed by atoms with Gasteiger partial charge in [-0.25, -0.2) is 13.9 Å². The summed E-state index contributed by atoms with van der Waals surface area (Å²) in [5, 5.41) is 10.1. The molecular formula is C19H16Cl2FN9O. The van der Waals surface area contributed by atoms with E-state index in [1.54, 1.807) is 6.07 Å². The summed E-state index contributed by atoms with van der Waals surface area (Å²) >= 11 is 12.5. The number of nitrogen functional groups attached to an aromatic ring is 2. The third kappa shape index (κ3) is 3.49. The van der Waals surface area contributed by atoms with Gasteiger partial charge in [0.25, 0.3) is 5.56 Å². The smallest absolute Gasteiger partial charge is 0.267 e. The van der Waals surface area contributed by atoms with Crippen molar-refractivity contribution in [1.29, 1.82) is 0 Å². The van der Waals surface area contributed by atoms with Crippen LogP contribution in [0.15, 0.2) is 29.2 Å². The zero-order chi connectivity index (χ0) is 22.6. The van der Waals surface area contributed by atoms with E-state index in [2.05, 4.69) is 30.5 Å². The average Bonchev–Trinajstić information content (AvgIpc) is 3.44. The van der Waals surface area contributed by atoms with E-state index in [1.807, 2.05) is 0 Å². The Kier molecular flexibility index (Phi) is 4.86. The molecule has 0 bridgehead atoms. The van der Waals surface area contributed by atoms with Crippen LogP contribution in [0.5, 0.6) is 0 Å². The van der Waals surface area contributed by atoms with Crippen LogP contribution in [-0.4, -0.2) is 29.7 Å². The minimum absolute atomic E-state index is 0.0205. The first kappa shape index (κ1) is 20.5. The molecule has 0 radical (unpaired) electrons. The zero-order valence-corrected chi connectivity index (χ0v) is 17.8. The predicted molar refractivity (Wildman–Crippen MR) is 119 cm³/mol. The Bertz CT molecular complexity index is 1400. The Balaban J connectivity index is 1.76. The van der Waals surface area contributed by atoms with Crippen LogP contribution in [0.25, 0.3) is 16.7 Å². The highest BCUT2D eigenvalue weighted by atomic mass is 35.5. The summed E-state index contributed by atoms with van der Waals surface area (Å²) in [6, 6.07) is 3.32. The molecule has 32 heavy (non-hydrogen) atoms. The quantitative estimate of drug-likeness (QED) is 0.343. The van der Waals surface area contributed by atoms with Crippen molar-refractivity contribution in [2.24, 2.45) is 5.92 Å². The SMILES string of the molecule is Nc1nc(N)c(Cl)c(N[C@H](c2nc3c(Cl)cc(F)cc3c(=O)n2-c2ccn[nH]2)C2CC2)n1. The van der Waals surface area contributed by atoms with Gasteiger partial charge in [0.2, 0.25) is 5.95 Å². The summed E-state index contributed by atoms with van der Waals surface area (Å²) in [7, 11) is 0. The van der Waals surface area contributed by atoms with E-state index in [4.69, 9.17) is 34.7 Å². The predicted octanol–water partition coefficient (Wildman–Crippen LogP) is 3.07.